The van der Waals surface area contributed by atoms with Gasteiger partial charge in [-0.3, -0.25) is 19.6 Å². The smallest absolute Gasteiger partial charge is 0.354 e. The van der Waals surface area contributed by atoms with Crippen LogP contribution >= 0.6 is 23.5 Å². The highest BCUT2D eigenvalue weighted by Gasteiger charge is 2.15. The molecule has 0 saturated heterocycles. The van der Waals surface area contributed by atoms with Gasteiger partial charge in [0.2, 0.25) is 0 Å². The van der Waals surface area contributed by atoms with Gasteiger partial charge in [0, 0.05) is 54.8 Å². The lowest BCUT2D eigenvalue weighted by Gasteiger charge is -2.28. The third kappa shape index (κ3) is 12.4. The summed E-state index contributed by atoms with van der Waals surface area (Å²) in [5, 5.41) is 38.5. The van der Waals surface area contributed by atoms with Crippen LogP contribution in [0.4, 0.5) is 0 Å². The van der Waals surface area contributed by atoms with Gasteiger partial charge < -0.3 is 10.2 Å². The molecule has 45 heavy (non-hydrogen) atoms. The quantitative estimate of drug-likeness (QED) is 0.0939. The molecule has 0 aliphatic rings. The second-order valence-electron chi connectivity index (χ2n) is 9.79. The number of benzene rings is 2. The van der Waals surface area contributed by atoms with Crippen LogP contribution in [-0.4, -0.2) is 55.5 Å². The molecule has 2 aromatic carbocycles. The van der Waals surface area contributed by atoms with Gasteiger partial charge in [0.05, 0.1) is 11.4 Å². The van der Waals surface area contributed by atoms with Crippen molar-refractivity contribution in [3.8, 4) is 10.8 Å². The van der Waals surface area contributed by atoms with Crippen molar-refractivity contribution >= 4 is 36.0 Å². The predicted octanol–water partition coefficient (Wildman–Crippen LogP) is 6.03. The van der Waals surface area contributed by atoms with Crippen LogP contribution in [0.3, 0.4) is 0 Å². The molecule has 0 radical (unpaired) electrons. The van der Waals surface area contributed by atoms with Crippen LogP contribution in [0.25, 0.3) is 0 Å². The molecule has 0 aliphatic carbocycles. The fourth-order valence-electron chi connectivity index (χ4n) is 4.49. The minimum Gasteiger partial charge on any atom is -0.483 e. The number of nitriles is 2. The molecule has 4 rings (SSSR count). The topological polar surface area (TPSA) is 154 Å². The van der Waals surface area contributed by atoms with E-state index in [-0.39, 0.29) is 12.2 Å². The van der Waals surface area contributed by atoms with Crippen molar-refractivity contribution in [1.29, 1.82) is 10.5 Å². The third-order valence-corrected chi connectivity index (χ3v) is 7.66. The first-order valence-electron chi connectivity index (χ1n) is 13.8. The molecule has 4 aromatic rings. The summed E-state index contributed by atoms with van der Waals surface area (Å²) in [6, 6.07) is 27.1. The highest BCUT2D eigenvalue weighted by atomic mass is 32.2. The number of pyridine rings is 2. The Kier molecular flexibility index (Phi) is 14.6. The second kappa shape index (κ2) is 18.8. The number of thioether (sulfide) groups is 2. The van der Waals surface area contributed by atoms with Gasteiger partial charge >= 0.3 is 5.97 Å². The van der Waals surface area contributed by atoms with E-state index < -0.39 is 5.97 Å². The molecule has 0 bridgehead atoms. The number of carboxylic acids is 1. The number of rotatable bonds is 14. The summed E-state index contributed by atoms with van der Waals surface area (Å²) < 4.78 is 0. The molecule has 0 fully saturated rings. The molecule has 10 nitrogen and oxygen atoms in total. The number of nitrogens with zero attached hydrogens (tertiary/aromatic N) is 6. The van der Waals surface area contributed by atoms with E-state index in [2.05, 4.69) is 37.7 Å². The molecular formula is C33H32N6O4S2. The first-order chi connectivity index (χ1) is 21.8. The number of thiocyanates is 2. The Labute approximate surface area is 271 Å². The SMILES string of the molecule is Cc1cccc(CN(CCN(Cc2ccc(SC#N)cc2)Cc2cccc(C(=O)O)n2)Cc2ccc(SC#N)cc2)n1.O=CO. The maximum atomic E-state index is 11.5. The van der Waals surface area contributed by atoms with Gasteiger partial charge in [0.25, 0.3) is 6.47 Å². The van der Waals surface area contributed by atoms with Crippen LogP contribution < -0.4 is 0 Å². The zero-order valence-electron chi connectivity index (χ0n) is 24.6. The number of carboxylic acid groups (broad SMARTS) is 2. The van der Waals surface area contributed by atoms with E-state index >= 15 is 0 Å². The van der Waals surface area contributed by atoms with Crippen molar-refractivity contribution in [2.45, 2.75) is 42.9 Å². The van der Waals surface area contributed by atoms with Gasteiger partial charge in [0.1, 0.15) is 16.5 Å². The van der Waals surface area contributed by atoms with E-state index in [4.69, 9.17) is 25.4 Å². The first kappa shape index (κ1) is 34.8. The van der Waals surface area contributed by atoms with Crippen molar-refractivity contribution in [2.75, 3.05) is 13.1 Å². The van der Waals surface area contributed by atoms with Crippen LogP contribution in [0.5, 0.6) is 0 Å². The number of hydrogen-bond acceptors (Lipinski definition) is 10. The largest absolute Gasteiger partial charge is 0.483 e. The Morgan fingerprint density at radius 1 is 0.756 bits per heavy atom. The van der Waals surface area contributed by atoms with E-state index in [0.29, 0.717) is 38.4 Å². The van der Waals surface area contributed by atoms with Crippen molar-refractivity contribution in [1.82, 2.24) is 19.8 Å². The van der Waals surface area contributed by atoms with Crippen LogP contribution in [0.15, 0.2) is 94.7 Å². The Bertz CT molecular complexity index is 1620. The maximum absolute atomic E-state index is 11.5. The summed E-state index contributed by atoms with van der Waals surface area (Å²) >= 11 is 2.27. The molecule has 0 amide bonds. The monoisotopic (exact) mass is 640 g/mol. The van der Waals surface area contributed by atoms with E-state index in [9.17, 15) is 9.90 Å². The zero-order valence-corrected chi connectivity index (χ0v) is 26.2. The highest BCUT2D eigenvalue weighted by molar-refractivity contribution is 8.04. The number of aromatic nitrogens is 2. The molecule has 0 aliphatic heterocycles. The third-order valence-electron chi connectivity index (χ3n) is 6.46. The highest BCUT2D eigenvalue weighted by Crippen LogP contribution is 2.20. The first-order valence-corrected chi connectivity index (χ1v) is 15.4. The molecule has 0 unspecified atom stereocenters. The van der Waals surface area contributed by atoms with E-state index in [1.807, 2.05) is 67.6 Å². The summed E-state index contributed by atoms with van der Waals surface area (Å²) in [5.41, 5.74) is 4.88. The second-order valence-corrected chi connectivity index (χ2v) is 11.5. The number of carbonyl (C=O) groups is 2. The molecular weight excluding hydrogens is 609 g/mol. The van der Waals surface area contributed by atoms with Crippen LogP contribution in [0.1, 0.15) is 38.7 Å². The normalized spacial score (nSPS) is 10.4. The van der Waals surface area contributed by atoms with Crippen molar-refractivity contribution in [3.63, 3.8) is 0 Å². The standard InChI is InChI=1S/C32H30N6O2S2.CH2O2/c1-24-4-2-5-27(35-24)20-37(18-25-8-12-29(13-9-25)41-22-33)16-17-38(19-26-10-14-30(15-11-26)42-23-34)21-28-6-3-7-31(36-28)32(39)40;2-1-3/h2-15H,16-21H2,1H3,(H,39,40);1H,(H,2,3). The van der Waals surface area contributed by atoms with Crippen LogP contribution in [0, 0.1) is 28.3 Å². The predicted molar refractivity (Wildman–Crippen MR) is 173 cm³/mol. The molecule has 0 saturated carbocycles. The number of aryl methyl sites for hydroxylation is 1. The lowest BCUT2D eigenvalue weighted by molar-refractivity contribution is -0.122. The average molecular weight is 641 g/mol. The fraction of sp³-hybridized carbons (Fsp3) is 0.212. The minimum atomic E-state index is -1.05. The van der Waals surface area contributed by atoms with Crippen molar-refractivity contribution < 1.29 is 19.8 Å². The molecule has 0 spiro atoms. The van der Waals surface area contributed by atoms with E-state index in [0.717, 1.165) is 62.4 Å². The summed E-state index contributed by atoms with van der Waals surface area (Å²) in [4.78, 5) is 35.4. The minimum absolute atomic E-state index is 0.0236. The van der Waals surface area contributed by atoms with Crippen molar-refractivity contribution in [3.05, 3.63) is 119 Å². The van der Waals surface area contributed by atoms with Gasteiger partial charge in [-0.1, -0.05) is 36.4 Å². The summed E-state index contributed by atoms with van der Waals surface area (Å²) in [7, 11) is 0. The van der Waals surface area contributed by atoms with Crippen LogP contribution in [0.2, 0.25) is 0 Å². The Balaban J connectivity index is 0.00000177. The molecule has 230 valence electrons. The lowest BCUT2D eigenvalue weighted by Crippen LogP contribution is -2.34. The van der Waals surface area contributed by atoms with Gasteiger partial charge in [-0.05, 0) is 90.1 Å². The van der Waals surface area contributed by atoms with E-state index in [1.165, 1.54) is 6.07 Å². The Hall–Kier alpha value is -4.72. The molecule has 2 heterocycles. The zero-order chi connectivity index (χ0) is 32.4. The summed E-state index contributed by atoms with van der Waals surface area (Å²) in [6.45, 7) is 5.64. The van der Waals surface area contributed by atoms with Crippen molar-refractivity contribution in [2.24, 2.45) is 0 Å². The molecule has 12 heteroatoms. The maximum Gasteiger partial charge on any atom is 0.354 e. The molecule has 0 atom stereocenters. The average Bonchev–Trinajstić information content (AvgIpc) is 3.02. The Morgan fingerprint density at radius 2 is 1.20 bits per heavy atom. The summed E-state index contributed by atoms with van der Waals surface area (Å²) in [5.74, 6) is -1.05. The van der Waals surface area contributed by atoms with Gasteiger partial charge in [0.15, 0.2) is 0 Å². The fourth-order valence-corrected chi connectivity index (χ4v) is 5.25. The number of hydrogen-bond donors (Lipinski definition) is 2. The molecule has 2 aromatic heterocycles. The Morgan fingerprint density at radius 3 is 1.62 bits per heavy atom. The van der Waals surface area contributed by atoms with E-state index in [1.54, 1.807) is 6.07 Å². The molecule has 2 N–H and O–H groups in total. The number of aromatic carboxylic acids is 1. The van der Waals surface area contributed by atoms with Gasteiger partial charge in [-0.15, -0.1) is 0 Å². The lowest BCUT2D eigenvalue weighted by atomic mass is 10.2. The van der Waals surface area contributed by atoms with Gasteiger partial charge in [-0.25, -0.2) is 9.78 Å². The van der Waals surface area contributed by atoms with Gasteiger partial charge in [-0.2, -0.15) is 10.5 Å². The van der Waals surface area contributed by atoms with Crippen LogP contribution in [-0.2, 0) is 31.0 Å². The summed E-state index contributed by atoms with van der Waals surface area (Å²) in [6.07, 6.45) is 0.